The number of esters is 1. The van der Waals surface area contributed by atoms with E-state index in [2.05, 4.69) is 31.3 Å². The maximum atomic E-state index is 12.6. The van der Waals surface area contributed by atoms with E-state index in [4.69, 9.17) is 4.74 Å². The van der Waals surface area contributed by atoms with Gasteiger partial charge >= 0.3 is 5.97 Å². The van der Waals surface area contributed by atoms with Gasteiger partial charge in [-0.05, 0) is 51.4 Å². The van der Waals surface area contributed by atoms with E-state index in [1.807, 2.05) is 0 Å². The molecule has 0 fully saturated rings. The number of unbranched alkanes of at least 4 members (excludes halogenated alkanes) is 57. The minimum atomic E-state index is -0.664. The number of amides is 1. The molecule has 0 bridgehead atoms. The Balaban J connectivity index is 3.36. The highest BCUT2D eigenvalue weighted by Gasteiger charge is 2.20. The van der Waals surface area contributed by atoms with E-state index in [9.17, 15) is 19.8 Å². The molecule has 0 spiro atoms. The van der Waals surface area contributed by atoms with E-state index in [0.717, 1.165) is 44.9 Å². The zero-order valence-corrected chi connectivity index (χ0v) is 54.6. The van der Waals surface area contributed by atoms with Crippen LogP contribution in [-0.4, -0.2) is 47.4 Å². The summed E-state index contributed by atoms with van der Waals surface area (Å²) in [5, 5.41) is 23.5. The van der Waals surface area contributed by atoms with E-state index < -0.39 is 12.1 Å². The fraction of sp³-hybridized carbons (Fsp3) is 0.946. The Kier molecular flexibility index (Phi) is 68.9. The topological polar surface area (TPSA) is 95.9 Å². The van der Waals surface area contributed by atoms with Gasteiger partial charge in [-0.25, -0.2) is 0 Å². The lowest BCUT2D eigenvalue weighted by Gasteiger charge is -2.22. The van der Waals surface area contributed by atoms with E-state index in [0.29, 0.717) is 25.9 Å². The lowest BCUT2D eigenvalue weighted by atomic mass is 10.0. The minimum absolute atomic E-state index is 0.00946. The predicted molar refractivity (Wildman–Crippen MR) is 352 cm³/mol. The molecule has 0 aliphatic rings. The Bertz CT molecular complexity index is 1210. The van der Waals surface area contributed by atoms with Gasteiger partial charge in [0.1, 0.15) is 0 Å². The van der Waals surface area contributed by atoms with Crippen LogP contribution in [0.1, 0.15) is 425 Å². The molecule has 0 aromatic rings. The second-order valence-corrected chi connectivity index (χ2v) is 25.6. The fourth-order valence-electron chi connectivity index (χ4n) is 11.9. The number of hydrogen-bond donors (Lipinski definition) is 3. The third-order valence-electron chi connectivity index (χ3n) is 17.6. The van der Waals surface area contributed by atoms with Gasteiger partial charge in [-0.2, -0.15) is 0 Å². The molecule has 1 amide bonds. The van der Waals surface area contributed by atoms with Crippen molar-refractivity contribution in [1.29, 1.82) is 0 Å². The lowest BCUT2D eigenvalue weighted by molar-refractivity contribution is -0.143. The summed E-state index contributed by atoms with van der Waals surface area (Å²) in [6, 6.07) is -0.541. The van der Waals surface area contributed by atoms with Crippen LogP contribution in [0.2, 0.25) is 0 Å². The van der Waals surface area contributed by atoms with Crippen LogP contribution in [0, 0.1) is 0 Å². The number of nitrogens with one attached hydrogen (secondary N) is 1. The molecule has 0 saturated heterocycles. The molecule has 0 aromatic carbocycles. The van der Waals surface area contributed by atoms with Crippen molar-refractivity contribution in [3.05, 3.63) is 12.2 Å². The van der Waals surface area contributed by atoms with E-state index in [1.54, 1.807) is 0 Å². The van der Waals surface area contributed by atoms with Crippen LogP contribution in [0.5, 0.6) is 0 Å². The van der Waals surface area contributed by atoms with Crippen LogP contribution in [0.15, 0.2) is 12.2 Å². The minimum Gasteiger partial charge on any atom is -0.466 e. The predicted octanol–water partition coefficient (Wildman–Crippen LogP) is 23.9. The number of hydrogen-bond acceptors (Lipinski definition) is 5. The van der Waals surface area contributed by atoms with Crippen molar-refractivity contribution in [2.45, 2.75) is 437 Å². The summed E-state index contributed by atoms with van der Waals surface area (Å²) in [7, 11) is 0. The van der Waals surface area contributed by atoms with Crippen LogP contribution in [0.25, 0.3) is 0 Å². The molecule has 0 aromatic heterocycles. The van der Waals surface area contributed by atoms with Crippen molar-refractivity contribution in [2.75, 3.05) is 13.2 Å². The molecule has 2 atom stereocenters. The highest BCUT2D eigenvalue weighted by Crippen LogP contribution is 2.20. The molecular weight excluding hydrogens is 983 g/mol. The highest BCUT2D eigenvalue weighted by molar-refractivity contribution is 5.76. The number of allylic oxidation sites excluding steroid dienone is 2. The monoisotopic (exact) mass is 1130 g/mol. The molecule has 0 radical (unpaired) electrons. The molecule has 80 heavy (non-hydrogen) atoms. The number of ether oxygens (including phenoxy) is 1. The van der Waals surface area contributed by atoms with Crippen LogP contribution in [0.3, 0.4) is 0 Å². The van der Waals surface area contributed by atoms with Crippen molar-refractivity contribution in [1.82, 2.24) is 5.32 Å². The molecule has 6 nitrogen and oxygen atoms in total. The number of aliphatic hydroxyl groups excluding tert-OH is 2. The maximum absolute atomic E-state index is 12.6. The van der Waals surface area contributed by atoms with Crippen molar-refractivity contribution in [3.8, 4) is 0 Å². The van der Waals surface area contributed by atoms with Crippen molar-refractivity contribution in [2.24, 2.45) is 0 Å². The number of aliphatic hydroxyl groups is 2. The molecule has 0 aliphatic carbocycles. The first-order valence-corrected chi connectivity index (χ1v) is 36.9. The molecule has 3 N–H and O–H groups in total. The van der Waals surface area contributed by atoms with Crippen molar-refractivity contribution >= 4 is 11.9 Å². The zero-order valence-electron chi connectivity index (χ0n) is 54.6. The second kappa shape index (κ2) is 70.1. The van der Waals surface area contributed by atoms with Gasteiger partial charge in [0.15, 0.2) is 0 Å². The third kappa shape index (κ3) is 65.7. The second-order valence-electron chi connectivity index (χ2n) is 25.6. The first-order valence-electron chi connectivity index (χ1n) is 36.9. The maximum Gasteiger partial charge on any atom is 0.305 e. The van der Waals surface area contributed by atoms with E-state index in [1.165, 1.54) is 347 Å². The van der Waals surface area contributed by atoms with Gasteiger partial charge in [-0.15, -0.1) is 0 Å². The van der Waals surface area contributed by atoms with Crippen molar-refractivity contribution < 1.29 is 24.5 Å². The van der Waals surface area contributed by atoms with Gasteiger partial charge in [-0.3, -0.25) is 9.59 Å². The van der Waals surface area contributed by atoms with Crippen LogP contribution < -0.4 is 5.32 Å². The summed E-state index contributed by atoms with van der Waals surface area (Å²) in [5.41, 5.74) is 0. The summed E-state index contributed by atoms with van der Waals surface area (Å²) < 4.78 is 5.50. The van der Waals surface area contributed by atoms with Gasteiger partial charge in [0.25, 0.3) is 0 Å². The standard InChI is InChI=1S/C74H145NO5/c1-3-5-7-9-11-13-15-17-19-21-22-23-26-29-32-35-38-42-46-50-54-58-62-66-72(77)71(70-76)75-73(78)67-63-59-55-51-47-43-39-36-33-30-27-24-25-28-31-34-37-41-45-49-53-57-61-65-69-80-74(79)68-64-60-56-52-48-44-40-20-18-16-14-12-10-8-6-4-2/h20,40,71-72,76-77H,3-19,21-39,41-70H2,1-2H3,(H,75,78)/b40-20-. The first-order chi connectivity index (χ1) is 39.5. The zero-order chi connectivity index (χ0) is 57.8. The fourth-order valence-corrected chi connectivity index (χ4v) is 11.9. The van der Waals surface area contributed by atoms with E-state index in [-0.39, 0.29) is 18.5 Å². The molecule has 0 rings (SSSR count). The normalized spacial score (nSPS) is 12.5. The van der Waals surface area contributed by atoms with Gasteiger partial charge in [0, 0.05) is 12.8 Å². The summed E-state index contributed by atoms with van der Waals surface area (Å²) in [4.78, 5) is 24.6. The molecule has 476 valence electrons. The summed E-state index contributed by atoms with van der Waals surface area (Å²) >= 11 is 0. The summed E-state index contributed by atoms with van der Waals surface area (Å²) in [6.07, 6.45) is 87.0. The summed E-state index contributed by atoms with van der Waals surface area (Å²) in [6.45, 7) is 5.00. The average Bonchev–Trinajstić information content (AvgIpc) is 3.46. The molecule has 2 unspecified atom stereocenters. The van der Waals surface area contributed by atoms with Crippen LogP contribution in [-0.2, 0) is 14.3 Å². The van der Waals surface area contributed by atoms with Crippen LogP contribution in [0.4, 0.5) is 0 Å². The van der Waals surface area contributed by atoms with Gasteiger partial charge < -0.3 is 20.3 Å². The Morgan fingerprint density at radius 3 is 0.887 bits per heavy atom. The van der Waals surface area contributed by atoms with Gasteiger partial charge in [-0.1, -0.05) is 373 Å². The Hall–Kier alpha value is -1.40. The van der Waals surface area contributed by atoms with Crippen LogP contribution >= 0.6 is 0 Å². The van der Waals surface area contributed by atoms with E-state index >= 15 is 0 Å². The first kappa shape index (κ1) is 78.6. The summed E-state index contributed by atoms with van der Waals surface area (Å²) in [5.74, 6) is -0.0189. The Labute approximate surface area is 501 Å². The molecular formula is C74H145NO5. The molecule has 0 aliphatic heterocycles. The Morgan fingerprint density at radius 2 is 0.588 bits per heavy atom. The molecule has 6 heteroatoms. The smallest absolute Gasteiger partial charge is 0.305 e. The number of carbonyl (C=O) groups excluding carboxylic acids is 2. The average molecular weight is 1130 g/mol. The quantitative estimate of drug-likeness (QED) is 0.0320. The highest BCUT2D eigenvalue weighted by atomic mass is 16.5. The van der Waals surface area contributed by atoms with Gasteiger partial charge in [0.2, 0.25) is 5.91 Å². The largest absolute Gasteiger partial charge is 0.466 e. The molecule has 0 heterocycles. The number of carbonyl (C=O) groups is 2. The Morgan fingerprint density at radius 1 is 0.338 bits per heavy atom. The number of rotatable bonds is 70. The SMILES string of the molecule is CCCCCCCCC/C=C\CCCCCCCC(=O)OCCCCCCCCCCCCCCCCCCCCCCCCCCC(=O)NC(CO)C(O)CCCCCCCCCCCCCCCCCCCCCCCCC. The lowest BCUT2D eigenvalue weighted by Crippen LogP contribution is -2.45. The van der Waals surface area contributed by atoms with Crippen molar-refractivity contribution in [3.63, 3.8) is 0 Å². The third-order valence-corrected chi connectivity index (χ3v) is 17.6. The molecule has 0 saturated carbocycles. The van der Waals surface area contributed by atoms with Gasteiger partial charge in [0.05, 0.1) is 25.4 Å².